The van der Waals surface area contributed by atoms with E-state index in [1.54, 1.807) is 0 Å². The van der Waals surface area contributed by atoms with E-state index in [-0.39, 0.29) is 0 Å². The van der Waals surface area contributed by atoms with Crippen LogP contribution in [0.1, 0.15) is 0 Å². The predicted molar refractivity (Wildman–Crippen MR) is 85.2 cm³/mol. The molecule has 0 aliphatic heterocycles. The molecule has 0 spiro atoms. The van der Waals surface area contributed by atoms with Gasteiger partial charge in [0.15, 0.2) is 76.9 Å². The lowest BCUT2D eigenvalue weighted by molar-refractivity contribution is 0.379. The van der Waals surface area contributed by atoms with E-state index in [1.165, 1.54) is 0 Å². The molecule has 188 valence electrons. The summed E-state index contributed by atoms with van der Waals surface area (Å²) in [4.78, 5) is 0. The van der Waals surface area contributed by atoms with Gasteiger partial charge in [-0.25, -0.2) is 65.9 Å². The fourth-order valence-electron chi connectivity index (χ4n) is 2.94. The minimum atomic E-state index is -7.41. The summed E-state index contributed by atoms with van der Waals surface area (Å²) in [5, 5.41) is -9.42. The average Bonchev–Trinajstić information content (AvgIpc) is 2.81. The number of hydrogen-bond acceptors (Lipinski definition) is 1. The van der Waals surface area contributed by atoms with Crippen molar-refractivity contribution in [2.75, 3.05) is 0 Å². The van der Waals surface area contributed by atoms with Crippen LogP contribution < -0.4 is 15.9 Å². The van der Waals surface area contributed by atoms with Crippen molar-refractivity contribution in [1.82, 2.24) is 0 Å². The maximum absolute atomic E-state index is 14.5. The van der Waals surface area contributed by atoms with E-state index in [2.05, 4.69) is 0 Å². The quantitative estimate of drug-likeness (QED) is 0.185. The smallest absolute Gasteiger partial charge is 0.200 e. The molecule has 0 N–H and O–H groups in total. The lowest BCUT2D eigenvalue weighted by Gasteiger charge is -2.24. The second kappa shape index (κ2) is 8.50. The lowest BCUT2D eigenvalue weighted by Crippen LogP contribution is -2.39. The summed E-state index contributed by atoms with van der Waals surface area (Å²) in [6, 6.07) is 0. The van der Waals surface area contributed by atoms with E-state index in [0.29, 0.717) is 0 Å². The SMILES string of the molecule is O=P(c1c(F)c(F)c(F)c(F)c1F)(c1c(F)c(F)c(F)c(F)c1F)c1c(F)c(F)c(F)c(F)c1F. The number of hydrogen-bond donors (Lipinski definition) is 0. The Kier molecular flexibility index (Phi) is 6.42. The Morgan fingerprint density at radius 1 is 0.257 bits per heavy atom. The summed E-state index contributed by atoms with van der Waals surface area (Å²) >= 11 is 0. The monoisotopic (exact) mass is 548 g/mol. The fourth-order valence-corrected chi connectivity index (χ4v) is 5.86. The third-order valence-corrected chi connectivity index (χ3v) is 7.57. The van der Waals surface area contributed by atoms with Gasteiger partial charge in [-0.15, -0.1) is 0 Å². The van der Waals surface area contributed by atoms with Gasteiger partial charge in [0, 0.05) is 0 Å². The standard InChI is InChI=1S/C18F15OP/c19-1-4(22)10(28)16(11(29)5(1)23)35(34,17-12(30)6(24)2(20)7(25)13(17)31)18-14(32)8(26)3(21)9(27)15(18)33. The first-order valence-corrected chi connectivity index (χ1v) is 9.89. The van der Waals surface area contributed by atoms with Crippen molar-refractivity contribution < 1.29 is 70.4 Å². The van der Waals surface area contributed by atoms with Crippen molar-refractivity contribution in [3.05, 3.63) is 87.3 Å². The van der Waals surface area contributed by atoms with Crippen LogP contribution in [0, 0.1) is 87.3 Å². The van der Waals surface area contributed by atoms with Crippen LogP contribution in [0.15, 0.2) is 0 Å². The first-order valence-electron chi connectivity index (χ1n) is 8.19. The molecule has 1 nitrogen and oxygen atoms in total. The maximum Gasteiger partial charge on any atom is 0.200 e. The summed E-state index contributed by atoms with van der Waals surface area (Å²) in [5.41, 5.74) is 0. The van der Waals surface area contributed by atoms with Crippen LogP contribution in [0.5, 0.6) is 0 Å². The molecule has 17 heteroatoms. The van der Waals surface area contributed by atoms with Gasteiger partial charge in [0.05, 0.1) is 15.9 Å². The van der Waals surface area contributed by atoms with Crippen LogP contribution in [0.25, 0.3) is 0 Å². The molecule has 0 atom stereocenters. The normalized spacial score (nSPS) is 12.0. The molecule has 0 saturated heterocycles. The number of halogens is 15. The lowest BCUT2D eigenvalue weighted by atomic mass is 10.3. The summed E-state index contributed by atoms with van der Waals surface area (Å²) in [6.07, 6.45) is 0. The van der Waals surface area contributed by atoms with Gasteiger partial charge in [0.2, 0.25) is 17.5 Å². The highest BCUT2D eigenvalue weighted by atomic mass is 31.2. The molecule has 3 rings (SSSR count). The summed E-state index contributed by atoms with van der Waals surface area (Å²) < 4.78 is 223. The Labute approximate surface area is 181 Å². The number of benzene rings is 3. The summed E-state index contributed by atoms with van der Waals surface area (Å²) in [6.45, 7) is 0. The molecule has 0 radical (unpaired) electrons. The molecule has 0 heterocycles. The van der Waals surface area contributed by atoms with Crippen LogP contribution >= 0.6 is 7.14 Å². The van der Waals surface area contributed by atoms with Crippen LogP contribution in [-0.4, -0.2) is 0 Å². The minimum Gasteiger partial charge on any atom is -0.308 e. The Morgan fingerprint density at radius 2 is 0.371 bits per heavy atom. The molecule has 0 aliphatic carbocycles. The van der Waals surface area contributed by atoms with Crippen LogP contribution in [0.4, 0.5) is 65.9 Å². The van der Waals surface area contributed by atoms with Crippen LogP contribution in [0.3, 0.4) is 0 Å². The van der Waals surface area contributed by atoms with Crippen molar-refractivity contribution in [3.63, 3.8) is 0 Å². The van der Waals surface area contributed by atoms with Crippen LogP contribution in [0.2, 0.25) is 0 Å². The van der Waals surface area contributed by atoms with Gasteiger partial charge in [-0.1, -0.05) is 0 Å². The molecule has 0 amide bonds. The minimum absolute atomic E-state index is 3.06. The van der Waals surface area contributed by atoms with Gasteiger partial charge in [-0.2, -0.15) is 0 Å². The third-order valence-electron chi connectivity index (χ3n) is 4.50. The molecule has 0 aromatic heterocycles. The highest BCUT2D eigenvalue weighted by molar-refractivity contribution is 7.85. The Bertz CT molecular complexity index is 1220. The van der Waals surface area contributed by atoms with Gasteiger partial charge in [0.1, 0.15) is 0 Å². The molecular formula is C18F15OP. The second-order valence-corrected chi connectivity index (χ2v) is 8.93. The van der Waals surface area contributed by atoms with E-state index >= 15 is 0 Å². The predicted octanol–water partition coefficient (Wildman–Crippen LogP) is 5.41. The van der Waals surface area contributed by atoms with Gasteiger partial charge >= 0.3 is 0 Å². The van der Waals surface area contributed by atoms with E-state index in [9.17, 15) is 70.4 Å². The average molecular weight is 548 g/mol. The van der Waals surface area contributed by atoms with Gasteiger partial charge < -0.3 is 4.57 Å². The summed E-state index contributed by atoms with van der Waals surface area (Å²) in [5.74, 6) is -48.3. The van der Waals surface area contributed by atoms with Crippen LogP contribution in [-0.2, 0) is 4.57 Å². The highest BCUT2D eigenvalue weighted by Crippen LogP contribution is 2.49. The molecule has 3 aromatic rings. The zero-order chi connectivity index (χ0) is 26.9. The van der Waals surface area contributed by atoms with E-state index in [1.807, 2.05) is 0 Å². The van der Waals surface area contributed by atoms with Gasteiger partial charge in [-0.05, 0) is 0 Å². The fraction of sp³-hybridized carbons (Fsp3) is 0. The molecule has 0 fully saturated rings. The molecule has 3 aromatic carbocycles. The first-order chi connectivity index (χ1) is 16.0. The highest BCUT2D eigenvalue weighted by Gasteiger charge is 2.50. The van der Waals surface area contributed by atoms with E-state index < -0.39 is 110 Å². The third kappa shape index (κ3) is 3.40. The largest absolute Gasteiger partial charge is 0.308 e. The Hall–Kier alpha value is -3.16. The Balaban J connectivity index is 2.80. The molecule has 0 unspecified atom stereocenters. The van der Waals surface area contributed by atoms with Gasteiger partial charge in [-0.3, -0.25) is 0 Å². The van der Waals surface area contributed by atoms with Crippen molar-refractivity contribution in [2.45, 2.75) is 0 Å². The molecule has 0 aliphatic rings. The zero-order valence-electron chi connectivity index (χ0n) is 15.5. The topological polar surface area (TPSA) is 17.1 Å². The zero-order valence-corrected chi connectivity index (χ0v) is 16.4. The summed E-state index contributed by atoms with van der Waals surface area (Å²) in [7, 11) is -7.41. The molecule has 0 bridgehead atoms. The first kappa shape index (κ1) is 26.4. The van der Waals surface area contributed by atoms with E-state index in [4.69, 9.17) is 0 Å². The second-order valence-electron chi connectivity index (χ2n) is 6.36. The molecule has 35 heavy (non-hydrogen) atoms. The van der Waals surface area contributed by atoms with Crippen molar-refractivity contribution in [3.8, 4) is 0 Å². The molecular weight excluding hydrogens is 548 g/mol. The van der Waals surface area contributed by atoms with Gasteiger partial charge in [0.25, 0.3) is 0 Å². The maximum atomic E-state index is 14.5. The molecule has 0 saturated carbocycles. The Morgan fingerprint density at radius 3 is 0.514 bits per heavy atom. The van der Waals surface area contributed by atoms with Crippen molar-refractivity contribution >= 4 is 23.1 Å². The van der Waals surface area contributed by atoms with Crippen molar-refractivity contribution in [1.29, 1.82) is 0 Å². The van der Waals surface area contributed by atoms with Crippen molar-refractivity contribution in [2.24, 2.45) is 0 Å². The number of rotatable bonds is 3. The van der Waals surface area contributed by atoms with E-state index in [0.717, 1.165) is 0 Å².